The van der Waals surface area contributed by atoms with E-state index in [0.717, 1.165) is 31.2 Å². The molecule has 0 spiro atoms. The molecule has 1 aromatic rings. The van der Waals surface area contributed by atoms with E-state index < -0.39 is 0 Å². The molecule has 1 aromatic heterocycles. The minimum Gasteiger partial charge on any atom is -0.352 e. The summed E-state index contributed by atoms with van der Waals surface area (Å²) in [5, 5.41) is 5.06. The maximum absolute atomic E-state index is 11.3. The Labute approximate surface area is 165 Å². The number of amides is 1. The Kier molecular flexibility index (Phi) is 4.60. The van der Waals surface area contributed by atoms with E-state index in [-0.39, 0.29) is 5.91 Å². The highest BCUT2D eigenvalue weighted by atomic mass is 16.1. The second-order valence-electron chi connectivity index (χ2n) is 8.52. The third-order valence-electron chi connectivity index (χ3n) is 6.54. The molecule has 8 heteroatoms. The highest BCUT2D eigenvalue weighted by Crippen LogP contribution is 2.40. The van der Waals surface area contributed by atoms with Gasteiger partial charge in [0.05, 0.1) is 11.4 Å². The number of hydrazine groups is 2. The Morgan fingerprint density at radius 1 is 1.29 bits per heavy atom. The summed E-state index contributed by atoms with van der Waals surface area (Å²) in [6, 6.07) is 2.44. The fourth-order valence-electron chi connectivity index (χ4n) is 5.20. The van der Waals surface area contributed by atoms with Gasteiger partial charge in [0.15, 0.2) is 0 Å². The van der Waals surface area contributed by atoms with Gasteiger partial charge in [-0.2, -0.15) is 0 Å². The molecule has 3 aliphatic heterocycles. The summed E-state index contributed by atoms with van der Waals surface area (Å²) < 4.78 is 0. The van der Waals surface area contributed by atoms with Gasteiger partial charge in [0.2, 0.25) is 5.91 Å². The minimum atomic E-state index is 0.0898. The number of hydrogen-bond acceptors (Lipinski definition) is 6. The van der Waals surface area contributed by atoms with Gasteiger partial charge in [-0.25, -0.2) is 10.0 Å². The van der Waals surface area contributed by atoms with E-state index in [1.807, 2.05) is 17.5 Å². The van der Waals surface area contributed by atoms with Gasteiger partial charge in [-0.15, -0.1) is 5.53 Å². The van der Waals surface area contributed by atoms with Crippen LogP contribution in [0.4, 0.5) is 5.82 Å². The molecule has 4 aliphatic rings. The molecule has 0 aromatic carbocycles. The van der Waals surface area contributed by atoms with E-state index in [4.69, 9.17) is 0 Å². The Bertz CT molecular complexity index is 805. The summed E-state index contributed by atoms with van der Waals surface area (Å²) in [6.45, 7) is 4.89. The number of nitrogens with one attached hydrogen (secondary N) is 4. The minimum absolute atomic E-state index is 0.0898. The Morgan fingerprint density at radius 3 is 2.96 bits per heavy atom. The van der Waals surface area contributed by atoms with E-state index in [1.165, 1.54) is 49.2 Å². The molecule has 5 rings (SSSR count). The van der Waals surface area contributed by atoms with Crippen molar-refractivity contribution < 1.29 is 4.79 Å². The molecular weight excluding hydrogens is 354 g/mol. The van der Waals surface area contributed by atoms with Crippen LogP contribution < -0.4 is 16.3 Å². The van der Waals surface area contributed by atoms with E-state index >= 15 is 0 Å². The van der Waals surface area contributed by atoms with Crippen molar-refractivity contribution in [1.82, 2.24) is 31.2 Å². The summed E-state index contributed by atoms with van der Waals surface area (Å²) in [5.74, 6) is 2.35. The molecular formula is C20H29N7O. The SMILES string of the molecule is CC(=O)N[C@@H]1CCN(C[C@H]2CC[C@H](C3=C4c5cc[nH]c5N=CN4NN3)CC2)C1. The lowest BCUT2D eigenvalue weighted by Gasteiger charge is -2.32. The Morgan fingerprint density at radius 2 is 2.14 bits per heavy atom. The lowest BCUT2D eigenvalue weighted by atomic mass is 9.79. The summed E-state index contributed by atoms with van der Waals surface area (Å²) in [6.07, 6.45) is 9.82. The second-order valence-corrected chi connectivity index (χ2v) is 8.52. The van der Waals surface area contributed by atoms with Crippen molar-refractivity contribution in [2.45, 2.75) is 45.1 Å². The lowest BCUT2D eigenvalue weighted by Crippen LogP contribution is -2.38. The first-order valence-electron chi connectivity index (χ1n) is 10.4. The van der Waals surface area contributed by atoms with Crippen LogP contribution in [0, 0.1) is 11.8 Å². The lowest BCUT2D eigenvalue weighted by molar-refractivity contribution is -0.119. The average molecular weight is 384 g/mol. The molecule has 1 saturated carbocycles. The Hall–Kier alpha value is -2.32. The Balaban J connectivity index is 1.19. The van der Waals surface area contributed by atoms with Crippen molar-refractivity contribution in [1.29, 1.82) is 0 Å². The van der Waals surface area contributed by atoms with E-state index in [1.54, 1.807) is 6.92 Å². The number of allylic oxidation sites excluding steroid dienone is 1. The quantitative estimate of drug-likeness (QED) is 0.636. The average Bonchev–Trinajstić information content (AvgIpc) is 3.40. The number of carbonyl (C=O) groups is 1. The van der Waals surface area contributed by atoms with E-state index in [0.29, 0.717) is 12.0 Å². The summed E-state index contributed by atoms with van der Waals surface area (Å²) >= 11 is 0. The number of H-pyrrole nitrogens is 1. The highest BCUT2D eigenvalue weighted by molar-refractivity contribution is 5.87. The number of aromatic amines is 1. The molecule has 28 heavy (non-hydrogen) atoms. The van der Waals surface area contributed by atoms with Gasteiger partial charge in [0.1, 0.15) is 12.2 Å². The molecule has 1 amide bonds. The first-order chi connectivity index (χ1) is 13.7. The number of rotatable bonds is 4. The van der Waals surface area contributed by atoms with Crippen molar-refractivity contribution in [3.63, 3.8) is 0 Å². The van der Waals surface area contributed by atoms with Gasteiger partial charge < -0.3 is 20.6 Å². The van der Waals surface area contributed by atoms with E-state index in [2.05, 4.69) is 37.2 Å². The van der Waals surface area contributed by atoms with Crippen LogP contribution in [-0.4, -0.2) is 52.8 Å². The van der Waals surface area contributed by atoms with Crippen molar-refractivity contribution in [3.05, 3.63) is 23.5 Å². The molecule has 2 fully saturated rings. The van der Waals surface area contributed by atoms with Gasteiger partial charge in [-0.05, 0) is 44.1 Å². The summed E-state index contributed by atoms with van der Waals surface area (Å²) in [5.41, 5.74) is 10.3. The molecule has 4 heterocycles. The topological polar surface area (TPSA) is 87.8 Å². The van der Waals surface area contributed by atoms with Crippen molar-refractivity contribution in [2.24, 2.45) is 16.8 Å². The standard InChI is InChI=1S/C20H29N7O/c1-13(28)23-16-7-9-26(11-16)10-14-2-4-15(5-3-14)18-19-17-6-8-21-20(17)22-12-27(19)25-24-18/h6,8,12,14-16,21,24-25H,2-5,7,9-11H2,1H3,(H,23,28)/t14-,15-,16-/m1/s1. The molecule has 8 nitrogen and oxygen atoms in total. The van der Waals surface area contributed by atoms with Crippen LogP contribution in [0.5, 0.6) is 0 Å². The van der Waals surface area contributed by atoms with Gasteiger partial charge in [-0.3, -0.25) is 4.79 Å². The van der Waals surface area contributed by atoms with Crippen LogP contribution in [0.2, 0.25) is 0 Å². The highest BCUT2D eigenvalue weighted by Gasteiger charge is 2.35. The van der Waals surface area contributed by atoms with Crippen LogP contribution in [-0.2, 0) is 4.79 Å². The summed E-state index contributed by atoms with van der Waals surface area (Å²) in [4.78, 5) is 21.5. The molecule has 1 saturated heterocycles. The molecule has 1 aliphatic carbocycles. The third kappa shape index (κ3) is 3.31. The fraction of sp³-hybridized carbons (Fsp3) is 0.600. The van der Waals surface area contributed by atoms with Crippen molar-refractivity contribution in [3.8, 4) is 0 Å². The van der Waals surface area contributed by atoms with Crippen LogP contribution in [0.3, 0.4) is 0 Å². The normalized spacial score (nSPS) is 29.6. The van der Waals surface area contributed by atoms with Gasteiger partial charge in [-0.1, -0.05) is 0 Å². The van der Waals surface area contributed by atoms with Gasteiger partial charge >= 0.3 is 0 Å². The maximum atomic E-state index is 11.3. The first kappa shape index (κ1) is 17.8. The number of fused-ring (bicyclic) bond motifs is 3. The third-order valence-corrected chi connectivity index (χ3v) is 6.54. The smallest absolute Gasteiger partial charge is 0.217 e. The van der Waals surface area contributed by atoms with Crippen LogP contribution in [0.15, 0.2) is 23.0 Å². The zero-order valence-corrected chi connectivity index (χ0v) is 16.4. The number of carbonyl (C=O) groups excluding carboxylic acids is 1. The molecule has 0 unspecified atom stereocenters. The number of aromatic nitrogens is 1. The molecule has 4 N–H and O–H groups in total. The van der Waals surface area contributed by atoms with Gasteiger partial charge in [0, 0.05) is 50.3 Å². The predicted molar refractivity (Wildman–Crippen MR) is 108 cm³/mol. The fourth-order valence-corrected chi connectivity index (χ4v) is 5.20. The maximum Gasteiger partial charge on any atom is 0.217 e. The van der Waals surface area contributed by atoms with Crippen LogP contribution in [0.1, 0.15) is 44.6 Å². The largest absolute Gasteiger partial charge is 0.352 e. The van der Waals surface area contributed by atoms with Crippen LogP contribution >= 0.6 is 0 Å². The second kappa shape index (κ2) is 7.25. The zero-order chi connectivity index (χ0) is 19.1. The molecule has 150 valence electrons. The van der Waals surface area contributed by atoms with Crippen LogP contribution in [0.25, 0.3) is 5.70 Å². The number of nitrogens with zero attached hydrogens (tertiary/aromatic N) is 3. The summed E-state index contributed by atoms with van der Waals surface area (Å²) in [7, 11) is 0. The van der Waals surface area contributed by atoms with Crippen molar-refractivity contribution >= 4 is 23.8 Å². The molecule has 0 radical (unpaired) electrons. The molecule has 1 atom stereocenters. The van der Waals surface area contributed by atoms with Gasteiger partial charge in [0.25, 0.3) is 0 Å². The number of hydrogen-bond donors (Lipinski definition) is 4. The predicted octanol–water partition coefficient (Wildman–Crippen LogP) is 1.70. The van der Waals surface area contributed by atoms with E-state index in [9.17, 15) is 4.79 Å². The van der Waals surface area contributed by atoms with Crippen molar-refractivity contribution in [2.75, 3.05) is 19.6 Å². The zero-order valence-electron chi connectivity index (χ0n) is 16.4. The molecule has 0 bridgehead atoms. The number of aliphatic imine (C=N–C) groups is 1. The number of likely N-dealkylation sites (tertiary alicyclic amines) is 1. The monoisotopic (exact) mass is 383 g/mol. The first-order valence-corrected chi connectivity index (χ1v) is 10.4.